The number of hydrogen-bond donors (Lipinski definition) is 0. The summed E-state index contributed by atoms with van der Waals surface area (Å²) in [7, 11) is 0. The van der Waals surface area contributed by atoms with Gasteiger partial charge in [-0.1, -0.05) is 64.1 Å². The monoisotopic (exact) mass is 530 g/mol. The Balaban J connectivity index is 1.62. The minimum Gasteiger partial charge on any atom is -0.494 e. The summed E-state index contributed by atoms with van der Waals surface area (Å²) in [4.78, 5) is 13.9. The van der Waals surface area contributed by atoms with E-state index in [0.717, 1.165) is 56.5 Å². The molecule has 38 heavy (non-hydrogen) atoms. The molecule has 1 atom stereocenters. The van der Waals surface area contributed by atoms with Gasteiger partial charge in [0.1, 0.15) is 17.2 Å². The second-order valence-corrected chi connectivity index (χ2v) is 11.7. The maximum absolute atomic E-state index is 13.9. The SMILES string of the molecule is CCCOc1ccc2cc(Oc3ccc(C(=O)C(SCCOCC)C(C)(C)C)c4ccccc34)ccc2c1. The third-order valence-electron chi connectivity index (χ3n) is 6.37. The van der Waals surface area contributed by atoms with Crippen molar-refractivity contribution < 1.29 is 19.0 Å². The van der Waals surface area contributed by atoms with E-state index in [-0.39, 0.29) is 16.4 Å². The fourth-order valence-corrected chi connectivity index (χ4v) is 5.73. The molecule has 200 valence electrons. The molecule has 5 heteroatoms. The van der Waals surface area contributed by atoms with Gasteiger partial charge in [-0.25, -0.2) is 0 Å². The molecule has 0 fully saturated rings. The van der Waals surface area contributed by atoms with Crippen LogP contribution in [-0.2, 0) is 4.74 Å². The van der Waals surface area contributed by atoms with E-state index in [1.807, 2.05) is 61.5 Å². The molecule has 0 heterocycles. The molecule has 0 amide bonds. The quantitative estimate of drug-likeness (QED) is 0.135. The first kappa shape index (κ1) is 28.0. The molecule has 0 radical (unpaired) electrons. The highest BCUT2D eigenvalue weighted by Crippen LogP contribution is 2.38. The number of ketones is 1. The molecule has 0 spiro atoms. The summed E-state index contributed by atoms with van der Waals surface area (Å²) in [5.41, 5.74) is 0.548. The van der Waals surface area contributed by atoms with E-state index < -0.39 is 0 Å². The van der Waals surface area contributed by atoms with Crippen molar-refractivity contribution in [2.24, 2.45) is 5.41 Å². The van der Waals surface area contributed by atoms with Gasteiger partial charge in [0, 0.05) is 23.3 Å². The van der Waals surface area contributed by atoms with Crippen LogP contribution in [0.15, 0.2) is 72.8 Å². The van der Waals surface area contributed by atoms with Crippen molar-refractivity contribution in [2.75, 3.05) is 25.6 Å². The first-order valence-corrected chi connectivity index (χ1v) is 14.5. The number of benzene rings is 4. The van der Waals surface area contributed by atoms with Crippen LogP contribution in [0.5, 0.6) is 17.2 Å². The summed E-state index contributed by atoms with van der Waals surface area (Å²) in [6, 6.07) is 24.0. The zero-order valence-electron chi connectivity index (χ0n) is 23.1. The number of rotatable bonds is 12. The zero-order valence-corrected chi connectivity index (χ0v) is 23.9. The Morgan fingerprint density at radius 3 is 2.21 bits per heavy atom. The van der Waals surface area contributed by atoms with Gasteiger partial charge < -0.3 is 14.2 Å². The van der Waals surface area contributed by atoms with Gasteiger partial charge in [-0.05, 0) is 71.3 Å². The summed E-state index contributed by atoms with van der Waals surface area (Å²) in [6.45, 7) is 12.5. The number of hydrogen-bond acceptors (Lipinski definition) is 5. The van der Waals surface area contributed by atoms with Crippen LogP contribution in [0, 0.1) is 5.41 Å². The molecule has 0 aliphatic carbocycles. The van der Waals surface area contributed by atoms with Crippen molar-refractivity contribution in [3.63, 3.8) is 0 Å². The summed E-state index contributed by atoms with van der Waals surface area (Å²) in [5, 5.41) is 3.85. The van der Waals surface area contributed by atoms with E-state index in [1.54, 1.807) is 11.8 Å². The first-order chi connectivity index (χ1) is 18.3. The van der Waals surface area contributed by atoms with Gasteiger partial charge >= 0.3 is 0 Å². The molecule has 4 aromatic carbocycles. The molecule has 0 saturated carbocycles. The summed E-state index contributed by atoms with van der Waals surface area (Å²) < 4.78 is 17.7. The molecule has 0 N–H and O–H groups in total. The normalized spacial score (nSPS) is 12.6. The highest BCUT2D eigenvalue weighted by atomic mass is 32.2. The summed E-state index contributed by atoms with van der Waals surface area (Å²) in [6.07, 6.45) is 0.979. The molecular formula is C33H38O4S. The molecule has 0 aromatic heterocycles. The van der Waals surface area contributed by atoms with Crippen molar-refractivity contribution in [1.82, 2.24) is 0 Å². The predicted octanol–water partition coefficient (Wildman–Crippen LogP) is 8.94. The molecule has 0 aliphatic rings. The zero-order chi connectivity index (χ0) is 27.1. The van der Waals surface area contributed by atoms with Crippen molar-refractivity contribution in [2.45, 2.75) is 46.3 Å². The van der Waals surface area contributed by atoms with Gasteiger partial charge in [0.05, 0.1) is 18.5 Å². The largest absolute Gasteiger partial charge is 0.494 e. The Hall–Kier alpha value is -3.02. The minimum atomic E-state index is -0.184. The molecule has 1 unspecified atom stereocenters. The Bertz CT molecular complexity index is 1390. The van der Waals surface area contributed by atoms with E-state index in [4.69, 9.17) is 14.2 Å². The van der Waals surface area contributed by atoms with Crippen molar-refractivity contribution >= 4 is 39.1 Å². The summed E-state index contributed by atoms with van der Waals surface area (Å²) >= 11 is 1.68. The van der Waals surface area contributed by atoms with Gasteiger partial charge in [0.25, 0.3) is 0 Å². The van der Waals surface area contributed by atoms with E-state index in [1.165, 1.54) is 0 Å². The number of fused-ring (bicyclic) bond motifs is 2. The van der Waals surface area contributed by atoms with E-state index in [0.29, 0.717) is 19.8 Å². The number of carbonyl (C=O) groups is 1. The molecule has 0 saturated heterocycles. The number of thioether (sulfide) groups is 1. The van der Waals surface area contributed by atoms with Crippen molar-refractivity contribution in [3.8, 4) is 17.2 Å². The van der Waals surface area contributed by atoms with Crippen LogP contribution < -0.4 is 9.47 Å². The van der Waals surface area contributed by atoms with Crippen LogP contribution in [0.2, 0.25) is 0 Å². The molecule has 0 aliphatic heterocycles. The topological polar surface area (TPSA) is 44.8 Å². The van der Waals surface area contributed by atoms with Gasteiger partial charge in [-0.2, -0.15) is 0 Å². The smallest absolute Gasteiger partial charge is 0.176 e. The maximum atomic E-state index is 13.9. The van der Waals surface area contributed by atoms with Crippen LogP contribution >= 0.6 is 11.8 Å². The Morgan fingerprint density at radius 1 is 0.842 bits per heavy atom. The lowest BCUT2D eigenvalue weighted by atomic mass is 9.86. The Morgan fingerprint density at radius 2 is 1.53 bits per heavy atom. The van der Waals surface area contributed by atoms with Crippen LogP contribution in [0.4, 0.5) is 0 Å². The van der Waals surface area contributed by atoms with Crippen molar-refractivity contribution in [3.05, 3.63) is 78.4 Å². The number of Topliss-reactive ketones (excluding diaryl/α,β-unsaturated/α-hetero) is 1. The highest BCUT2D eigenvalue weighted by molar-refractivity contribution is 8.00. The fourth-order valence-electron chi connectivity index (χ4n) is 4.51. The minimum absolute atomic E-state index is 0.147. The third-order valence-corrected chi connectivity index (χ3v) is 8.03. The second-order valence-electron chi connectivity index (χ2n) is 10.5. The Kier molecular flexibility index (Phi) is 9.35. The van der Waals surface area contributed by atoms with Crippen LogP contribution in [0.25, 0.3) is 21.5 Å². The van der Waals surface area contributed by atoms with Gasteiger partial charge in [-0.3, -0.25) is 4.79 Å². The fraction of sp³-hybridized carbons (Fsp3) is 0.364. The third kappa shape index (κ3) is 6.69. The molecule has 4 nitrogen and oxygen atoms in total. The van der Waals surface area contributed by atoms with Crippen LogP contribution in [0.1, 0.15) is 51.4 Å². The predicted molar refractivity (Wildman–Crippen MR) is 160 cm³/mol. The molecular weight excluding hydrogens is 492 g/mol. The van der Waals surface area contributed by atoms with Gasteiger partial charge in [0.2, 0.25) is 0 Å². The Labute approximate surface area is 230 Å². The lowest BCUT2D eigenvalue weighted by molar-refractivity contribution is 0.0952. The van der Waals surface area contributed by atoms with E-state index in [9.17, 15) is 4.79 Å². The van der Waals surface area contributed by atoms with Crippen LogP contribution in [0.3, 0.4) is 0 Å². The maximum Gasteiger partial charge on any atom is 0.176 e. The van der Waals surface area contributed by atoms with Crippen molar-refractivity contribution in [1.29, 1.82) is 0 Å². The molecule has 0 bridgehead atoms. The van der Waals surface area contributed by atoms with Crippen LogP contribution in [-0.4, -0.2) is 36.6 Å². The lowest BCUT2D eigenvalue weighted by Gasteiger charge is -2.29. The number of ether oxygens (including phenoxy) is 3. The van der Waals surface area contributed by atoms with Gasteiger partial charge in [0.15, 0.2) is 5.78 Å². The first-order valence-electron chi connectivity index (χ1n) is 13.4. The molecule has 4 rings (SSSR count). The standard InChI is InChI=1S/C33H38O4S/c1-6-18-36-25-14-12-24-22-26(15-13-23(24)21-25)37-30-17-16-29(27-10-8-9-11-28(27)30)31(34)32(33(3,4)5)38-20-19-35-7-2/h8-17,21-22,32H,6-7,18-20H2,1-5H3. The van der Waals surface area contributed by atoms with Gasteiger partial charge in [-0.15, -0.1) is 11.8 Å². The lowest BCUT2D eigenvalue weighted by Crippen LogP contribution is -2.32. The number of carbonyl (C=O) groups excluding carboxylic acids is 1. The average molecular weight is 531 g/mol. The average Bonchev–Trinajstić information content (AvgIpc) is 2.91. The highest BCUT2D eigenvalue weighted by Gasteiger charge is 2.33. The summed E-state index contributed by atoms with van der Waals surface area (Å²) in [5.74, 6) is 3.30. The second kappa shape index (κ2) is 12.7. The van der Waals surface area contributed by atoms with E-state index >= 15 is 0 Å². The molecule has 4 aromatic rings. The van der Waals surface area contributed by atoms with E-state index in [2.05, 4.69) is 45.9 Å².